The van der Waals surface area contributed by atoms with Crippen LogP contribution in [0, 0.1) is 0 Å². The molecule has 0 aliphatic carbocycles. The smallest absolute Gasteiger partial charge is 0.335 e. The van der Waals surface area contributed by atoms with Gasteiger partial charge in [0.25, 0.3) is 0 Å². The molecule has 0 aromatic rings. The Kier molecular flexibility index (Phi) is 15.9. The third-order valence-electron chi connectivity index (χ3n) is 5.75. The molecule has 0 saturated heterocycles. The summed E-state index contributed by atoms with van der Waals surface area (Å²) in [6, 6.07) is 0. The second-order valence-corrected chi connectivity index (χ2v) is 9.31. The zero-order chi connectivity index (χ0) is 21.3. The zero-order valence-corrected chi connectivity index (χ0v) is 19.0. The van der Waals surface area contributed by atoms with Crippen LogP contribution in [0.25, 0.3) is 0 Å². The van der Waals surface area contributed by atoms with Gasteiger partial charge in [0.05, 0.1) is 5.60 Å². The third kappa shape index (κ3) is 16.4. The van der Waals surface area contributed by atoms with E-state index in [1.54, 1.807) is 6.92 Å². The van der Waals surface area contributed by atoms with E-state index in [-0.39, 0.29) is 6.42 Å². The van der Waals surface area contributed by atoms with Crippen LogP contribution < -0.4 is 0 Å². The number of aliphatic hydroxyl groups is 2. The molecule has 0 amide bonds. The van der Waals surface area contributed by atoms with E-state index in [0.717, 1.165) is 12.8 Å². The molecule has 0 spiro atoms. The van der Waals surface area contributed by atoms with Gasteiger partial charge in [0.1, 0.15) is 0 Å². The molecule has 0 radical (unpaired) electrons. The molecule has 0 aromatic carbocycles. The van der Waals surface area contributed by atoms with E-state index in [4.69, 9.17) is 5.11 Å². The molecular formula is C24H48O4. The molecule has 0 aliphatic rings. The Morgan fingerprint density at radius 2 is 0.964 bits per heavy atom. The van der Waals surface area contributed by atoms with Gasteiger partial charge in [0.2, 0.25) is 0 Å². The van der Waals surface area contributed by atoms with E-state index in [9.17, 15) is 15.0 Å². The molecule has 4 heteroatoms. The van der Waals surface area contributed by atoms with Crippen LogP contribution >= 0.6 is 0 Å². The van der Waals surface area contributed by atoms with Crippen LogP contribution in [0.4, 0.5) is 0 Å². The first-order valence-electron chi connectivity index (χ1n) is 11.9. The normalized spacial score (nSPS) is 15.9. The van der Waals surface area contributed by atoms with Gasteiger partial charge in [0, 0.05) is 6.42 Å². The van der Waals surface area contributed by atoms with Crippen molar-refractivity contribution in [3.05, 3.63) is 0 Å². The predicted molar refractivity (Wildman–Crippen MR) is 118 cm³/mol. The summed E-state index contributed by atoms with van der Waals surface area (Å²) < 4.78 is 0. The van der Waals surface area contributed by atoms with Gasteiger partial charge < -0.3 is 15.3 Å². The van der Waals surface area contributed by atoms with Crippen molar-refractivity contribution in [1.29, 1.82) is 0 Å². The van der Waals surface area contributed by atoms with Crippen LogP contribution in [-0.2, 0) is 4.79 Å². The van der Waals surface area contributed by atoms with Crippen molar-refractivity contribution < 1.29 is 20.1 Å². The van der Waals surface area contributed by atoms with E-state index in [1.165, 1.54) is 96.8 Å². The number of carbonyl (C=O) groups is 1. The van der Waals surface area contributed by atoms with Crippen molar-refractivity contribution in [2.75, 3.05) is 0 Å². The molecule has 2 unspecified atom stereocenters. The maximum atomic E-state index is 11.0. The second kappa shape index (κ2) is 16.2. The molecule has 0 aromatic heterocycles. The average Bonchev–Trinajstić information content (AvgIpc) is 2.60. The minimum atomic E-state index is -1.86. The molecule has 2 atom stereocenters. The van der Waals surface area contributed by atoms with Crippen LogP contribution in [0.3, 0.4) is 0 Å². The van der Waals surface area contributed by atoms with Crippen LogP contribution in [0.1, 0.15) is 136 Å². The van der Waals surface area contributed by atoms with Gasteiger partial charge in [-0.05, 0) is 20.3 Å². The second-order valence-electron chi connectivity index (χ2n) is 9.31. The summed E-state index contributed by atoms with van der Waals surface area (Å²) in [6.07, 6.45) is 21.3. The van der Waals surface area contributed by atoms with Crippen LogP contribution in [0.2, 0.25) is 0 Å². The summed E-state index contributed by atoms with van der Waals surface area (Å²) in [6.45, 7) is 5.13. The number of hydrogen-bond donors (Lipinski definition) is 3. The molecule has 0 fully saturated rings. The van der Waals surface area contributed by atoms with E-state index >= 15 is 0 Å². The maximum Gasteiger partial charge on any atom is 0.335 e. The van der Waals surface area contributed by atoms with Crippen molar-refractivity contribution in [3.8, 4) is 0 Å². The van der Waals surface area contributed by atoms with E-state index in [2.05, 4.69) is 6.92 Å². The Balaban J connectivity index is 3.41. The first-order chi connectivity index (χ1) is 13.2. The lowest BCUT2D eigenvalue weighted by Crippen LogP contribution is -2.43. The standard InChI is InChI=1S/C24H48O4/c1-4-5-6-7-8-9-10-11-12-13-14-15-16-17-18-19-20-23(2,27)21-24(3,28)22(25)26/h27-28H,4-21H2,1-3H3,(H,25,26). The molecule has 28 heavy (non-hydrogen) atoms. The number of carboxylic acid groups (broad SMARTS) is 1. The van der Waals surface area contributed by atoms with E-state index in [1.807, 2.05) is 0 Å². The van der Waals surface area contributed by atoms with Gasteiger partial charge >= 0.3 is 5.97 Å². The minimum absolute atomic E-state index is 0.131. The fourth-order valence-electron chi connectivity index (χ4n) is 3.96. The molecule has 168 valence electrons. The number of hydrogen-bond acceptors (Lipinski definition) is 3. The SMILES string of the molecule is CCCCCCCCCCCCCCCCCCC(C)(O)CC(C)(O)C(=O)O. The van der Waals surface area contributed by atoms with Crippen molar-refractivity contribution in [2.24, 2.45) is 0 Å². The van der Waals surface area contributed by atoms with E-state index in [0.29, 0.717) is 6.42 Å². The quantitative estimate of drug-likeness (QED) is 0.201. The monoisotopic (exact) mass is 400 g/mol. The fourth-order valence-corrected chi connectivity index (χ4v) is 3.96. The topological polar surface area (TPSA) is 77.8 Å². The molecule has 0 rings (SSSR count). The summed E-state index contributed by atoms with van der Waals surface area (Å²) in [5, 5.41) is 29.0. The highest BCUT2D eigenvalue weighted by molar-refractivity contribution is 5.76. The Morgan fingerprint density at radius 1 is 0.643 bits per heavy atom. The summed E-state index contributed by atoms with van der Waals surface area (Å²) in [5.74, 6) is -1.28. The fraction of sp³-hybridized carbons (Fsp3) is 0.958. The number of unbranched alkanes of at least 4 members (excludes halogenated alkanes) is 15. The molecule has 0 saturated carbocycles. The molecule has 0 aliphatic heterocycles. The highest BCUT2D eigenvalue weighted by Gasteiger charge is 2.37. The molecule has 3 N–H and O–H groups in total. The van der Waals surface area contributed by atoms with Crippen LogP contribution in [-0.4, -0.2) is 32.5 Å². The Bertz CT molecular complexity index is 377. The summed E-state index contributed by atoms with van der Waals surface area (Å²) in [7, 11) is 0. The first kappa shape index (κ1) is 27.4. The Labute approximate surface area is 174 Å². The number of rotatable bonds is 20. The lowest BCUT2D eigenvalue weighted by Gasteiger charge is -2.30. The Hall–Kier alpha value is -0.610. The highest BCUT2D eigenvalue weighted by Crippen LogP contribution is 2.26. The maximum absolute atomic E-state index is 11.0. The van der Waals surface area contributed by atoms with Gasteiger partial charge in [-0.1, -0.05) is 110 Å². The van der Waals surface area contributed by atoms with Crippen molar-refractivity contribution in [3.63, 3.8) is 0 Å². The van der Waals surface area contributed by atoms with Crippen LogP contribution in [0.15, 0.2) is 0 Å². The molecule has 0 heterocycles. The van der Waals surface area contributed by atoms with Gasteiger partial charge in [-0.25, -0.2) is 4.79 Å². The lowest BCUT2D eigenvalue weighted by atomic mass is 9.85. The van der Waals surface area contributed by atoms with Crippen molar-refractivity contribution >= 4 is 5.97 Å². The lowest BCUT2D eigenvalue weighted by molar-refractivity contribution is -0.163. The average molecular weight is 401 g/mol. The first-order valence-corrected chi connectivity index (χ1v) is 11.9. The van der Waals surface area contributed by atoms with Crippen molar-refractivity contribution in [2.45, 2.75) is 148 Å². The van der Waals surface area contributed by atoms with Gasteiger partial charge in [-0.15, -0.1) is 0 Å². The summed E-state index contributed by atoms with van der Waals surface area (Å²) in [5.41, 5.74) is -2.99. The van der Waals surface area contributed by atoms with Gasteiger partial charge in [-0.2, -0.15) is 0 Å². The number of carboxylic acids is 1. The largest absolute Gasteiger partial charge is 0.479 e. The van der Waals surface area contributed by atoms with Gasteiger partial charge in [-0.3, -0.25) is 0 Å². The van der Waals surface area contributed by atoms with E-state index < -0.39 is 17.2 Å². The Morgan fingerprint density at radius 3 is 1.29 bits per heavy atom. The molecule has 4 nitrogen and oxygen atoms in total. The highest BCUT2D eigenvalue weighted by atomic mass is 16.4. The predicted octanol–water partition coefficient (Wildman–Crippen LogP) is 6.61. The van der Waals surface area contributed by atoms with Gasteiger partial charge in [0.15, 0.2) is 5.60 Å². The molecular weight excluding hydrogens is 352 g/mol. The zero-order valence-electron chi connectivity index (χ0n) is 19.0. The molecule has 0 bridgehead atoms. The minimum Gasteiger partial charge on any atom is -0.479 e. The summed E-state index contributed by atoms with van der Waals surface area (Å²) in [4.78, 5) is 11.0. The third-order valence-corrected chi connectivity index (χ3v) is 5.75. The number of aliphatic carboxylic acids is 1. The van der Waals surface area contributed by atoms with Crippen LogP contribution in [0.5, 0.6) is 0 Å². The summed E-state index contributed by atoms with van der Waals surface area (Å²) >= 11 is 0. The van der Waals surface area contributed by atoms with Crippen molar-refractivity contribution in [1.82, 2.24) is 0 Å².